The molecule has 0 bridgehead atoms. The van der Waals surface area contributed by atoms with Gasteiger partial charge in [-0.3, -0.25) is 4.79 Å². The molecule has 8 heteroatoms. The second-order valence-electron chi connectivity index (χ2n) is 6.38. The molecular weight excluding hydrogens is 390 g/mol. The number of carbonyl (C=O) groups is 3. The number of fused-ring (bicyclic) bond motifs is 1. The zero-order valence-corrected chi connectivity index (χ0v) is 16.0. The number of phenols is 2. The number of nitrogens with one attached hydrogen (secondary N) is 1. The van der Waals surface area contributed by atoms with Gasteiger partial charge < -0.3 is 25.0 Å². The van der Waals surface area contributed by atoms with Crippen molar-refractivity contribution in [1.82, 2.24) is 5.32 Å². The van der Waals surface area contributed by atoms with E-state index in [1.165, 1.54) is 7.11 Å². The van der Waals surface area contributed by atoms with Crippen LogP contribution in [0.4, 0.5) is 0 Å². The minimum absolute atomic E-state index is 0.167. The number of esters is 2. The lowest BCUT2D eigenvalue weighted by Gasteiger charge is -2.10. The van der Waals surface area contributed by atoms with Gasteiger partial charge in [0.25, 0.3) is 5.91 Å². The maximum absolute atomic E-state index is 12.3. The first-order valence-electron chi connectivity index (χ1n) is 8.95. The number of phenolic OH excluding ortho intramolecular Hbond substituents is 2. The molecule has 0 saturated carbocycles. The van der Waals surface area contributed by atoms with E-state index in [0.29, 0.717) is 16.3 Å². The van der Waals surface area contributed by atoms with E-state index >= 15 is 0 Å². The molecule has 3 aromatic rings. The molecule has 0 heterocycles. The van der Waals surface area contributed by atoms with Crippen molar-refractivity contribution in [2.75, 3.05) is 13.7 Å². The molecule has 1 amide bonds. The molecule has 154 valence electrons. The van der Waals surface area contributed by atoms with E-state index in [0.717, 1.165) is 11.6 Å². The fourth-order valence-corrected chi connectivity index (χ4v) is 2.83. The van der Waals surface area contributed by atoms with Gasteiger partial charge in [0.15, 0.2) is 6.61 Å². The zero-order valence-electron chi connectivity index (χ0n) is 16.0. The number of amides is 1. The molecule has 3 rings (SSSR count). The van der Waals surface area contributed by atoms with Crippen LogP contribution in [-0.4, -0.2) is 41.8 Å². The molecule has 0 saturated heterocycles. The largest absolute Gasteiger partial charge is 0.507 e. The topological polar surface area (TPSA) is 122 Å². The number of hydrogen-bond acceptors (Lipinski definition) is 7. The molecule has 0 aliphatic carbocycles. The van der Waals surface area contributed by atoms with Crippen molar-refractivity contribution < 1.29 is 34.1 Å². The monoisotopic (exact) mass is 409 g/mol. The van der Waals surface area contributed by atoms with Crippen molar-refractivity contribution in [3.63, 3.8) is 0 Å². The highest BCUT2D eigenvalue weighted by molar-refractivity contribution is 6.04. The van der Waals surface area contributed by atoms with E-state index in [1.54, 1.807) is 48.5 Å². The Labute approximate surface area is 171 Å². The minimum Gasteiger partial charge on any atom is -0.507 e. The molecule has 30 heavy (non-hydrogen) atoms. The molecule has 0 radical (unpaired) electrons. The number of carbonyl (C=O) groups excluding carboxylic acids is 3. The van der Waals surface area contributed by atoms with Gasteiger partial charge in [-0.2, -0.15) is 0 Å². The van der Waals surface area contributed by atoms with Gasteiger partial charge in [0.1, 0.15) is 17.1 Å². The summed E-state index contributed by atoms with van der Waals surface area (Å²) in [6.07, 6.45) is 0. The molecule has 3 N–H and O–H groups in total. The van der Waals surface area contributed by atoms with E-state index in [1.807, 2.05) is 0 Å². The maximum Gasteiger partial charge on any atom is 0.342 e. The predicted molar refractivity (Wildman–Crippen MR) is 107 cm³/mol. The number of methoxy groups -OCH3 is 1. The highest BCUT2D eigenvalue weighted by atomic mass is 16.5. The van der Waals surface area contributed by atoms with E-state index < -0.39 is 24.5 Å². The van der Waals surface area contributed by atoms with E-state index in [9.17, 15) is 24.6 Å². The summed E-state index contributed by atoms with van der Waals surface area (Å²) in [5.74, 6) is -2.47. The number of aromatic hydroxyl groups is 2. The number of hydrogen-bond donors (Lipinski definition) is 3. The second-order valence-corrected chi connectivity index (χ2v) is 6.38. The average Bonchev–Trinajstić information content (AvgIpc) is 2.78. The summed E-state index contributed by atoms with van der Waals surface area (Å²) in [4.78, 5) is 35.6. The third-order valence-electron chi connectivity index (χ3n) is 4.41. The Morgan fingerprint density at radius 3 is 2.27 bits per heavy atom. The van der Waals surface area contributed by atoms with Gasteiger partial charge >= 0.3 is 11.9 Å². The molecule has 0 aromatic heterocycles. The summed E-state index contributed by atoms with van der Waals surface area (Å²) in [7, 11) is 1.29. The van der Waals surface area contributed by atoms with Crippen LogP contribution in [0.2, 0.25) is 0 Å². The first-order valence-corrected chi connectivity index (χ1v) is 8.95. The summed E-state index contributed by atoms with van der Waals surface area (Å²) in [5.41, 5.74) is 0.886. The van der Waals surface area contributed by atoms with Crippen molar-refractivity contribution in [2.45, 2.75) is 6.54 Å². The standard InChI is InChI=1S/C22H19NO7/c1-29-21(27)14-8-6-13(7-9-14)11-23-19(25)12-30-22(28)17-10-18(24)15-4-2-3-5-16(15)20(17)26/h2-10,24,26H,11-12H2,1H3,(H,23,25). The predicted octanol–water partition coefficient (Wildman–Crippen LogP) is 2.51. The third-order valence-corrected chi connectivity index (χ3v) is 4.41. The lowest BCUT2D eigenvalue weighted by molar-refractivity contribution is -0.124. The molecule has 0 fully saturated rings. The lowest BCUT2D eigenvalue weighted by Crippen LogP contribution is -2.28. The average molecular weight is 409 g/mol. The molecular formula is C22H19NO7. The number of rotatable bonds is 6. The van der Waals surface area contributed by atoms with E-state index in [2.05, 4.69) is 10.1 Å². The van der Waals surface area contributed by atoms with Crippen LogP contribution >= 0.6 is 0 Å². The SMILES string of the molecule is COC(=O)c1ccc(CNC(=O)COC(=O)c2cc(O)c3ccccc3c2O)cc1. The van der Waals surface area contributed by atoms with Crippen LogP contribution < -0.4 is 5.32 Å². The van der Waals surface area contributed by atoms with Gasteiger partial charge in [-0.1, -0.05) is 36.4 Å². The van der Waals surface area contributed by atoms with Crippen molar-refractivity contribution in [3.05, 3.63) is 71.3 Å². The molecule has 0 spiro atoms. The van der Waals surface area contributed by atoms with Crippen LogP contribution in [0, 0.1) is 0 Å². The van der Waals surface area contributed by atoms with Crippen molar-refractivity contribution >= 4 is 28.6 Å². The maximum atomic E-state index is 12.3. The van der Waals surface area contributed by atoms with Crippen molar-refractivity contribution in [1.29, 1.82) is 0 Å². The summed E-state index contributed by atoms with van der Waals surface area (Å²) >= 11 is 0. The van der Waals surface area contributed by atoms with Crippen LogP contribution in [0.1, 0.15) is 26.3 Å². The molecule has 0 aliphatic rings. The summed E-state index contributed by atoms with van der Waals surface area (Å²) in [5, 5.41) is 23.6. The van der Waals surface area contributed by atoms with Gasteiger partial charge in [-0.25, -0.2) is 9.59 Å². The van der Waals surface area contributed by atoms with Gasteiger partial charge in [0, 0.05) is 17.3 Å². The molecule has 0 aliphatic heterocycles. The highest BCUT2D eigenvalue weighted by Gasteiger charge is 2.19. The third kappa shape index (κ3) is 4.49. The Hall–Kier alpha value is -4.07. The Morgan fingerprint density at radius 1 is 0.933 bits per heavy atom. The van der Waals surface area contributed by atoms with Crippen LogP contribution in [0.5, 0.6) is 11.5 Å². The quantitative estimate of drug-likeness (QED) is 0.422. The highest BCUT2D eigenvalue weighted by Crippen LogP contribution is 2.35. The second kappa shape index (κ2) is 8.95. The summed E-state index contributed by atoms with van der Waals surface area (Å²) in [6, 6.07) is 14.1. The van der Waals surface area contributed by atoms with Crippen molar-refractivity contribution in [3.8, 4) is 11.5 Å². The van der Waals surface area contributed by atoms with Crippen molar-refractivity contribution in [2.24, 2.45) is 0 Å². The van der Waals surface area contributed by atoms with Gasteiger partial charge in [0.2, 0.25) is 0 Å². The van der Waals surface area contributed by atoms with E-state index in [4.69, 9.17) is 4.74 Å². The molecule has 3 aromatic carbocycles. The Bertz CT molecular complexity index is 1110. The minimum atomic E-state index is -0.939. The molecule has 0 unspecified atom stereocenters. The zero-order chi connectivity index (χ0) is 21.7. The Kier molecular flexibility index (Phi) is 6.17. The van der Waals surface area contributed by atoms with E-state index in [-0.39, 0.29) is 23.6 Å². The molecule has 8 nitrogen and oxygen atoms in total. The summed E-state index contributed by atoms with van der Waals surface area (Å²) < 4.78 is 9.56. The van der Waals surface area contributed by atoms with Crippen LogP contribution in [-0.2, 0) is 20.8 Å². The first-order chi connectivity index (χ1) is 14.4. The van der Waals surface area contributed by atoms with Crippen LogP contribution in [0.15, 0.2) is 54.6 Å². The normalized spacial score (nSPS) is 10.4. The number of ether oxygens (including phenoxy) is 2. The Balaban J connectivity index is 1.57. The smallest absolute Gasteiger partial charge is 0.342 e. The fourth-order valence-electron chi connectivity index (χ4n) is 2.83. The van der Waals surface area contributed by atoms with Gasteiger partial charge in [-0.15, -0.1) is 0 Å². The first kappa shape index (κ1) is 20.7. The summed E-state index contributed by atoms with van der Waals surface area (Å²) in [6.45, 7) is -0.397. The van der Waals surface area contributed by atoms with Crippen LogP contribution in [0.25, 0.3) is 10.8 Å². The van der Waals surface area contributed by atoms with Gasteiger partial charge in [-0.05, 0) is 23.8 Å². The van der Waals surface area contributed by atoms with Crippen LogP contribution in [0.3, 0.4) is 0 Å². The Morgan fingerprint density at radius 2 is 1.60 bits per heavy atom. The lowest BCUT2D eigenvalue weighted by atomic mass is 10.0. The fraction of sp³-hybridized carbons (Fsp3) is 0.136. The number of benzene rings is 3. The van der Waals surface area contributed by atoms with Gasteiger partial charge in [0.05, 0.1) is 12.7 Å². The molecule has 0 atom stereocenters.